The van der Waals surface area contributed by atoms with Gasteiger partial charge in [0.1, 0.15) is 11.3 Å². The van der Waals surface area contributed by atoms with Crippen LogP contribution in [0, 0.1) is 13.8 Å². The number of rotatable bonds is 4. The molecule has 2 aromatic carbocycles. The van der Waals surface area contributed by atoms with Crippen molar-refractivity contribution in [3.63, 3.8) is 0 Å². The van der Waals surface area contributed by atoms with Crippen molar-refractivity contribution in [1.82, 2.24) is 15.0 Å². The molecular formula is C22H22N4O4. The van der Waals surface area contributed by atoms with Crippen LogP contribution in [0.5, 0.6) is 11.6 Å². The van der Waals surface area contributed by atoms with E-state index in [1.165, 1.54) is 0 Å². The van der Waals surface area contributed by atoms with Crippen LogP contribution in [0.3, 0.4) is 0 Å². The van der Waals surface area contributed by atoms with Gasteiger partial charge in [-0.15, -0.1) is 0 Å². The number of ether oxygens (including phenoxy) is 1. The van der Waals surface area contributed by atoms with Crippen LogP contribution in [0.4, 0.5) is 0 Å². The highest BCUT2D eigenvalue weighted by Crippen LogP contribution is 2.28. The van der Waals surface area contributed by atoms with Gasteiger partial charge in [-0.3, -0.25) is 9.78 Å². The quantitative estimate of drug-likeness (QED) is 0.616. The van der Waals surface area contributed by atoms with E-state index in [0.29, 0.717) is 17.8 Å². The fourth-order valence-corrected chi connectivity index (χ4v) is 3.73. The smallest absolute Gasteiger partial charge is 0.335 e. The number of aromatic hydroxyl groups is 1. The molecule has 0 bridgehead atoms. The van der Waals surface area contributed by atoms with Gasteiger partial charge in [-0.25, -0.2) is 9.36 Å². The topological polar surface area (TPSA) is 109 Å². The van der Waals surface area contributed by atoms with Crippen molar-refractivity contribution >= 4 is 5.71 Å². The lowest BCUT2D eigenvalue weighted by molar-refractivity contribution is 0.414. The van der Waals surface area contributed by atoms with Crippen LogP contribution in [-0.2, 0) is 0 Å². The second-order valence-corrected chi connectivity index (χ2v) is 7.36. The summed E-state index contributed by atoms with van der Waals surface area (Å²) in [4.78, 5) is 27.3. The fraction of sp³-hybridized carbons (Fsp3) is 0.227. The van der Waals surface area contributed by atoms with Crippen LogP contribution >= 0.6 is 0 Å². The molecule has 30 heavy (non-hydrogen) atoms. The maximum Gasteiger partial charge on any atom is 0.335 e. The third-order valence-corrected chi connectivity index (χ3v) is 5.11. The van der Waals surface area contributed by atoms with E-state index >= 15 is 0 Å². The standard InChI is InChI=1S/C22H22N4O4/c1-12-8-13(2)10-15(9-12)26-21(28)19(20(27)23-22(26)29)18-11-17(24-25-18)14-4-6-16(30-3)7-5-14/h4-10,17,24,28H,11H2,1-3H3,(H,23,27,29)/t17-/m1/s1. The summed E-state index contributed by atoms with van der Waals surface area (Å²) in [6.07, 6.45) is 0.383. The Morgan fingerprint density at radius 3 is 2.40 bits per heavy atom. The van der Waals surface area contributed by atoms with E-state index in [9.17, 15) is 14.7 Å². The molecule has 1 atom stereocenters. The third-order valence-electron chi connectivity index (χ3n) is 5.11. The number of aryl methyl sites for hydroxylation is 2. The molecular weight excluding hydrogens is 384 g/mol. The average Bonchev–Trinajstić information content (AvgIpc) is 3.16. The minimum Gasteiger partial charge on any atom is -0.497 e. The Hall–Kier alpha value is -3.81. The largest absolute Gasteiger partial charge is 0.497 e. The number of methoxy groups -OCH3 is 1. The molecule has 0 spiro atoms. The van der Waals surface area contributed by atoms with E-state index in [1.807, 2.05) is 44.2 Å². The van der Waals surface area contributed by atoms with Gasteiger partial charge in [-0.05, 0) is 54.8 Å². The first kappa shape index (κ1) is 19.5. The van der Waals surface area contributed by atoms with Gasteiger partial charge >= 0.3 is 5.69 Å². The first-order valence-corrected chi connectivity index (χ1v) is 9.50. The molecule has 1 aromatic heterocycles. The summed E-state index contributed by atoms with van der Waals surface area (Å²) in [6, 6.07) is 12.9. The molecule has 0 aliphatic carbocycles. The Bertz CT molecular complexity index is 1240. The summed E-state index contributed by atoms with van der Waals surface area (Å²) >= 11 is 0. The van der Waals surface area contributed by atoms with Crippen molar-refractivity contribution in [2.75, 3.05) is 7.11 Å². The number of benzene rings is 2. The fourth-order valence-electron chi connectivity index (χ4n) is 3.73. The van der Waals surface area contributed by atoms with Crippen LogP contribution in [0.2, 0.25) is 0 Å². The first-order valence-electron chi connectivity index (χ1n) is 9.50. The van der Waals surface area contributed by atoms with Crippen molar-refractivity contribution < 1.29 is 9.84 Å². The van der Waals surface area contributed by atoms with Gasteiger partial charge in [-0.1, -0.05) is 18.2 Å². The molecule has 8 nitrogen and oxygen atoms in total. The number of aromatic nitrogens is 2. The van der Waals surface area contributed by atoms with Gasteiger partial charge in [0, 0.05) is 6.42 Å². The second-order valence-electron chi connectivity index (χ2n) is 7.36. The molecule has 1 aliphatic heterocycles. The Balaban J connectivity index is 1.73. The van der Waals surface area contributed by atoms with Gasteiger partial charge in [0.15, 0.2) is 0 Å². The second kappa shape index (κ2) is 7.55. The molecule has 3 aromatic rings. The van der Waals surface area contributed by atoms with Gasteiger partial charge in [0.25, 0.3) is 5.56 Å². The molecule has 4 rings (SSSR count). The van der Waals surface area contributed by atoms with Gasteiger partial charge < -0.3 is 15.3 Å². The molecule has 0 saturated carbocycles. The SMILES string of the molecule is COc1ccc([C@H]2CC(c3c(O)n(-c4cc(C)cc(C)c4)c(=O)[nH]c3=O)=NN2)cc1. The number of hydrazone groups is 1. The lowest BCUT2D eigenvalue weighted by atomic mass is 10.00. The van der Waals surface area contributed by atoms with E-state index in [0.717, 1.165) is 27.0 Å². The van der Waals surface area contributed by atoms with Crippen LogP contribution in [0.1, 0.15) is 34.7 Å². The summed E-state index contributed by atoms with van der Waals surface area (Å²) in [7, 11) is 1.60. The Morgan fingerprint density at radius 2 is 1.77 bits per heavy atom. The van der Waals surface area contributed by atoms with Crippen molar-refractivity contribution in [2.45, 2.75) is 26.3 Å². The molecule has 0 radical (unpaired) electrons. The van der Waals surface area contributed by atoms with Crippen molar-refractivity contribution in [3.8, 4) is 17.3 Å². The predicted octanol–water partition coefficient (Wildman–Crippen LogP) is 2.30. The molecule has 154 valence electrons. The van der Waals surface area contributed by atoms with E-state index in [1.54, 1.807) is 19.2 Å². The molecule has 0 amide bonds. The number of nitrogens with zero attached hydrogens (tertiary/aromatic N) is 2. The normalized spacial score (nSPS) is 15.6. The number of hydrogen-bond donors (Lipinski definition) is 3. The molecule has 2 heterocycles. The zero-order chi connectivity index (χ0) is 21.4. The highest BCUT2D eigenvalue weighted by Gasteiger charge is 2.27. The predicted molar refractivity (Wildman–Crippen MR) is 114 cm³/mol. The summed E-state index contributed by atoms with van der Waals surface area (Å²) in [6.45, 7) is 3.80. The molecule has 8 heteroatoms. The third kappa shape index (κ3) is 3.47. The molecule has 3 N–H and O–H groups in total. The summed E-state index contributed by atoms with van der Waals surface area (Å²) in [5, 5.41) is 15.2. The minimum absolute atomic E-state index is 0.0164. The highest BCUT2D eigenvalue weighted by molar-refractivity contribution is 6.03. The number of nitrogens with one attached hydrogen (secondary N) is 2. The molecule has 1 aliphatic rings. The number of aromatic amines is 1. The molecule has 0 fully saturated rings. The van der Waals surface area contributed by atoms with Gasteiger partial charge in [0.2, 0.25) is 5.88 Å². The maximum atomic E-state index is 12.5. The van der Waals surface area contributed by atoms with Crippen molar-refractivity contribution in [2.24, 2.45) is 5.10 Å². The van der Waals surface area contributed by atoms with Gasteiger partial charge in [0.05, 0.1) is 24.6 Å². The Kier molecular flexibility index (Phi) is 4.91. The number of hydrogen-bond acceptors (Lipinski definition) is 6. The Labute approximate surface area is 172 Å². The Morgan fingerprint density at radius 1 is 1.10 bits per heavy atom. The minimum atomic E-state index is -0.704. The lowest BCUT2D eigenvalue weighted by Crippen LogP contribution is -2.33. The van der Waals surface area contributed by atoms with Crippen molar-refractivity contribution in [1.29, 1.82) is 0 Å². The zero-order valence-corrected chi connectivity index (χ0v) is 16.9. The average molecular weight is 406 g/mol. The first-order chi connectivity index (χ1) is 14.4. The summed E-state index contributed by atoms with van der Waals surface area (Å²) < 4.78 is 6.27. The summed E-state index contributed by atoms with van der Waals surface area (Å²) in [5.41, 5.74) is 5.30. The van der Waals surface area contributed by atoms with Crippen LogP contribution in [0.15, 0.2) is 57.2 Å². The summed E-state index contributed by atoms with van der Waals surface area (Å²) in [5.74, 6) is 0.317. The molecule has 0 saturated heterocycles. The lowest BCUT2D eigenvalue weighted by Gasteiger charge is -2.13. The van der Waals surface area contributed by atoms with E-state index < -0.39 is 17.1 Å². The van der Waals surface area contributed by atoms with Gasteiger partial charge in [-0.2, -0.15) is 5.10 Å². The highest BCUT2D eigenvalue weighted by atomic mass is 16.5. The van der Waals surface area contributed by atoms with Crippen LogP contribution in [0.25, 0.3) is 5.69 Å². The van der Waals surface area contributed by atoms with Crippen LogP contribution in [-0.4, -0.2) is 27.5 Å². The van der Waals surface area contributed by atoms with Crippen LogP contribution < -0.4 is 21.4 Å². The van der Waals surface area contributed by atoms with E-state index in [-0.39, 0.29) is 11.6 Å². The van der Waals surface area contributed by atoms with E-state index in [2.05, 4.69) is 15.5 Å². The maximum absolute atomic E-state index is 12.5. The van der Waals surface area contributed by atoms with Crippen molar-refractivity contribution in [3.05, 3.63) is 85.6 Å². The number of H-pyrrole nitrogens is 1. The molecule has 0 unspecified atom stereocenters. The van der Waals surface area contributed by atoms with E-state index in [4.69, 9.17) is 4.74 Å². The monoisotopic (exact) mass is 406 g/mol. The zero-order valence-electron chi connectivity index (χ0n) is 16.9.